The van der Waals surface area contributed by atoms with Gasteiger partial charge >= 0.3 is 0 Å². The molecule has 0 unspecified atom stereocenters. The van der Waals surface area contributed by atoms with Gasteiger partial charge in [0.15, 0.2) is 0 Å². The molecule has 158 valence electrons. The zero-order chi connectivity index (χ0) is 19.7. The van der Waals surface area contributed by atoms with Gasteiger partial charge in [-0.15, -0.1) is 11.3 Å². The van der Waals surface area contributed by atoms with Crippen molar-refractivity contribution in [1.29, 1.82) is 0 Å². The molecule has 0 aromatic carbocycles. The molecule has 0 amide bonds. The summed E-state index contributed by atoms with van der Waals surface area (Å²) in [5.74, 6) is 2.01. The van der Waals surface area contributed by atoms with Crippen molar-refractivity contribution in [3.05, 3.63) is 40.1 Å². The molecule has 3 fully saturated rings. The molecule has 1 spiro atoms. The van der Waals surface area contributed by atoms with Crippen LogP contribution in [0.25, 0.3) is 0 Å². The number of nitrogens with one attached hydrogen (secondary N) is 1. The van der Waals surface area contributed by atoms with Crippen molar-refractivity contribution in [2.45, 2.75) is 70.9 Å². The maximum Gasteiger partial charge on any atom is 0.106 e. The molecule has 0 bridgehead atoms. The SMILES string of the molecule is Cc1ccsc1CN1CCC2(CC1)CCN(C1CCC(Cc3ncc[nH]3)CC1)C2. The van der Waals surface area contributed by atoms with Gasteiger partial charge in [-0.05, 0) is 99.8 Å². The summed E-state index contributed by atoms with van der Waals surface area (Å²) in [5.41, 5.74) is 2.09. The Morgan fingerprint density at radius 1 is 1.14 bits per heavy atom. The van der Waals surface area contributed by atoms with Crippen LogP contribution in [0.1, 0.15) is 61.2 Å². The predicted molar refractivity (Wildman–Crippen MR) is 120 cm³/mol. The molecule has 29 heavy (non-hydrogen) atoms. The van der Waals surface area contributed by atoms with Crippen molar-refractivity contribution < 1.29 is 0 Å². The Hall–Kier alpha value is -1.17. The van der Waals surface area contributed by atoms with Crippen LogP contribution in [0.2, 0.25) is 0 Å². The minimum Gasteiger partial charge on any atom is -0.349 e. The Morgan fingerprint density at radius 2 is 1.93 bits per heavy atom. The summed E-state index contributed by atoms with van der Waals surface area (Å²) >= 11 is 1.93. The molecule has 2 aromatic heterocycles. The zero-order valence-corrected chi connectivity index (χ0v) is 18.7. The number of piperidine rings is 1. The van der Waals surface area contributed by atoms with Gasteiger partial charge in [0.05, 0.1) is 0 Å². The fourth-order valence-corrected chi connectivity index (χ4v) is 6.99. The second kappa shape index (κ2) is 8.52. The third kappa shape index (κ3) is 4.47. The predicted octanol–water partition coefficient (Wildman–Crippen LogP) is 4.87. The van der Waals surface area contributed by atoms with E-state index in [4.69, 9.17) is 0 Å². The van der Waals surface area contributed by atoms with E-state index in [1.165, 1.54) is 89.1 Å². The quantitative estimate of drug-likeness (QED) is 0.761. The Balaban J connectivity index is 1.08. The highest BCUT2D eigenvalue weighted by molar-refractivity contribution is 7.10. The van der Waals surface area contributed by atoms with Gasteiger partial charge in [-0.2, -0.15) is 0 Å². The van der Waals surface area contributed by atoms with Crippen molar-refractivity contribution in [2.24, 2.45) is 11.3 Å². The topological polar surface area (TPSA) is 35.2 Å². The molecular formula is C24H36N4S. The molecule has 2 aromatic rings. The summed E-state index contributed by atoms with van der Waals surface area (Å²) in [4.78, 5) is 14.9. The molecule has 2 saturated heterocycles. The van der Waals surface area contributed by atoms with Crippen molar-refractivity contribution in [3.8, 4) is 0 Å². The molecule has 4 heterocycles. The highest BCUT2D eigenvalue weighted by Gasteiger charge is 2.42. The van der Waals surface area contributed by atoms with Crippen LogP contribution in [0.5, 0.6) is 0 Å². The molecule has 0 atom stereocenters. The van der Waals surface area contributed by atoms with Crippen LogP contribution in [-0.4, -0.2) is 52.0 Å². The average molecular weight is 413 g/mol. The lowest BCUT2D eigenvalue weighted by Crippen LogP contribution is -2.43. The lowest BCUT2D eigenvalue weighted by molar-refractivity contribution is 0.0876. The van der Waals surface area contributed by atoms with Crippen LogP contribution in [0.15, 0.2) is 23.8 Å². The van der Waals surface area contributed by atoms with E-state index >= 15 is 0 Å². The van der Waals surface area contributed by atoms with E-state index in [1.807, 2.05) is 23.7 Å². The zero-order valence-electron chi connectivity index (χ0n) is 17.9. The van der Waals surface area contributed by atoms with Gasteiger partial charge in [0.2, 0.25) is 0 Å². The highest BCUT2D eigenvalue weighted by Crippen LogP contribution is 2.43. The van der Waals surface area contributed by atoms with Crippen LogP contribution < -0.4 is 0 Å². The van der Waals surface area contributed by atoms with Gasteiger partial charge in [0.25, 0.3) is 0 Å². The van der Waals surface area contributed by atoms with Gasteiger partial charge in [0.1, 0.15) is 5.82 Å². The monoisotopic (exact) mass is 412 g/mol. The second-order valence-electron chi connectivity index (χ2n) is 9.94. The Labute approximate surface area is 179 Å². The molecule has 5 rings (SSSR count). The summed E-state index contributed by atoms with van der Waals surface area (Å²) in [7, 11) is 0. The Kier molecular flexibility index (Phi) is 5.81. The minimum atomic E-state index is 0.617. The lowest BCUT2D eigenvalue weighted by Gasteiger charge is -2.41. The van der Waals surface area contributed by atoms with E-state index in [0.717, 1.165) is 18.4 Å². The number of aromatic nitrogens is 2. The number of hydrogen-bond acceptors (Lipinski definition) is 4. The number of rotatable bonds is 5. The largest absolute Gasteiger partial charge is 0.349 e. The number of H-pyrrole nitrogens is 1. The normalized spacial score (nSPS) is 28.3. The summed E-state index contributed by atoms with van der Waals surface area (Å²) < 4.78 is 0. The summed E-state index contributed by atoms with van der Waals surface area (Å²) in [6, 6.07) is 3.11. The number of likely N-dealkylation sites (tertiary alicyclic amines) is 2. The van der Waals surface area contributed by atoms with Gasteiger partial charge in [0, 0.05) is 42.8 Å². The van der Waals surface area contributed by atoms with E-state index in [0.29, 0.717) is 5.41 Å². The van der Waals surface area contributed by atoms with Gasteiger partial charge in [-0.3, -0.25) is 9.80 Å². The molecule has 1 saturated carbocycles. The maximum absolute atomic E-state index is 4.43. The highest BCUT2D eigenvalue weighted by atomic mass is 32.1. The Bertz CT molecular complexity index is 767. The first-order chi connectivity index (χ1) is 14.2. The summed E-state index contributed by atoms with van der Waals surface area (Å²) in [6.07, 6.45) is 14.8. The van der Waals surface area contributed by atoms with Crippen LogP contribution in [0.3, 0.4) is 0 Å². The molecule has 0 radical (unpaired) electrons. The standard InChI is InChI=1S/C24H36N4S/c1-19-6-15-29-22(19)17-27-12-7-24(8-13-27)9-14-28(18-24)21-4-2-20(3-5-21)16-23-25-10-11-26-23/h6,10-11,15,20-21H,2-5,7-9,12-14,16-18H2,1H3,(H,25,26). The van der Waals surface area contributed by atoms with E-state index < -0.39 is 0 Å². The first-order valence-electron chi connectivity index (χ1n) is 11.7. The van der Waals surface area contributed by atoms with E-state index in [1.54, 1.807) is 4.88 Å². The van der Waals surface area contributed by atoms with Crippen molar-refractivity contribution in [1.82, 2.24) is 19.8 Å². The van der Waals surface area contributed by atoms with Gasteiger partial charge < -0.3 is 4.98 Å². The third-order valence-corrected chi connectivity index (χ3v) is 9.10. The fraction of sp³-hybridized carbons (Fsp3) is 0.708. The molecule has 2 aliphatic heterocycles. The van der Waals surface area contributed by atoms with Crippen LogP contribution in [0, 0.1) is 18.3 Å². The molecule has 1 N–H and O–H groups in total. The van der Waals surface area contributed by atoms with Crippen LogP contribution >= 0.6 is 11.3 Å². The second-order valence-corrected chi connectivity index (χ2v) is 10.9. The van der Waals surface area contributed by atoms with Gasteiger partial charge in [-0.25, -0.2) is 4.98 Å². The molecule has 4 nitrogen and oxygen atoms in total. The average Bonchev–Trinajstić information content (AvgIpc) is 3.48. The Morgan fingerprint density at radius 3 is 2.62 bits per heavy atom. The van der Waals surface area contributed by atoms with Crippen molar-refractivity contribution >= 4 is 11.3 Å². The van der Waals surface area contributed by atoms with Crippen molar-refractivity contribution in [3.63, 3.8) is 0 Å². The molecule has 1 aliphatic carbocycles. The number of nitrogens with zero attached hydrogens (tertiary/aromatic N) is 3. The van der Waals surface area contributed by atoms with Crippen molar-refractivity contribution in [2.75, 3.05) is 26.2 Å². The number of aryl methyl sites for hydroxylation is 1. The van der Waals surface area contributed by atoms with E-state index in [9.17, 15) is 0 Å². The van der Waals surface area contributed by atoms with Gasteiger partial charge in [-0.1, -0.05) is 0 Å². The van der Waals surface area contributed by atoms with E-state index in [-0.39, 0.29) is 0 Å². The van der Waals surface area contributed by atoms with Crippen LogP contribution in [-0.2, 0) is 13.0 Å². The molecular weight excluding hydrogens is 376 g/mol. The number of imidazole rings is 1. The maximum atomic E-state index is 4.43. The minimum absolute atomic E-state index is 0.617. The summed E-state index contributed by atoms with van der Waals surface area (Å²) in [5, 5.41) is 2.24. The lowest BCUT2D eigenvalue weighted by atomic mass is 9.77. The number of aromatic amines is 1. The molecule has 3 aliphatic rings. The number of hydrogen-bond donors (Lipinski definition) is 1. The third-order valence-electron chi connectivity index (χ3n) is 8.09. The fourth-order valence-electron chi connectivity index (χ4n) is 6.04. The van der Waals surface area contributed by atoms with Crippen LogP contribution in [0.4, 0.5) is 0 Å². The first-order valence-corrected chi connectivity index (χ1v) is 12.5. The van der Waals surface area contributed by atoms with E-state index in [2.05, 4.69) is 38.1 Å². The molecule has 5 heteroatoms. The smallest absolute Gasteiger partial charge is 0.106 e. The number of thiophene rings is 1. The summed E-state index contributed by atoms with van der Waals surface area (Å²) in [6.45, 7) is 8.73. The first kappa shape index (κ1) is 19.8.